The molecule has 1 amide bonds. The van der Waals surface area contributed by atoms with E-state index in [9.17, 15) is 14.9 Å². The van der Waals surface area contributed by atoms with Crippen molar-refractivity contribution in [2.75, 3.05) is 0 Å². The first kappa shape index (κ1) is 17.7. The lowest BCUT2D eigenvalue weighted by Gasteiger charge is -2.01. The molecular weight excluding hydrogens is 370 g/mol. The average molecular weight is 382 g/mol. The van der Waals surface area contributed by atoms with Crippen molar-refractivity contribution in [2.24, 2.45) is 5.73 Å². The van der Waals surface area contributed by atoms with Gasteiger partial charge in [-0.05, 0) is 29.8 Å². The Balaban J connectivity index is 2.44. The van der Waals surface area contributed by atoms with Crippen LogP contribution in [-0.2, 0) is 4.79 Å². The van der Waals surface area contributed by atoms with E-state index in [1.54, 1.807) is 66.7 Å². The number of nitrogens with two attached hydrogens (primary N) is 1. The number of thiazole rings is 1. The molecule has 0 radical (unpaired) electrons. The lowest BCUT2D eigenvalue weighted by Crippen LogP contribution is -2.32. The first-order valence-corrected chi connectivity index (χ1v) is 8.70. The number of primary amides is 1. The predicted octanol–water partition coefficient (Wildman–Crippen LogP) is 1.54. The summed E-state index contributed by atoms with van der Waals surface area (Å²) in [6.45, 7) is 0. The number of para-hydroxylation sites is 1. The SMILES string of the molecule is N#CC(C(N)=O)=c1sc(=Cc2ccccc2Cl)c(=O)n1-c1ccccc1. The van der Waals surface area contributed by atoms with Gasteiger partial charge < -0.3 is 5.73 Å². The van der Waals surface area contributed by atoms with Crippen LogP contribution in [0.4, 0.5) is 0 Å². The van der Waals surface area contributed by atoms with Gasteiger partial charge in [-0.1, -0.05) is 48.0 Å². The molecule has 0 aliphatic heterocycles. The predicted molar refractivity (Wildman–Crippen MR) is 102 cm³/mol. The Morgan fingerprint density at radius 3 is 2.42 bits per heavy atom. The van der Waals surface area contributed by atoms with E-state index in [1.165, 1.54) is 4.57 Å². The molecule has 128 valence electrons. The fraction of sp³-hybridized carbons (Fsp3) is 0. The Labute approximate surface area is 157 Å². The van der Waals surface area contributed by atoms with E-state index in [0.29, 0.717) is 20.8 Å². The fourth-order valence-electron chi connectivity index (χ4n) is 2.40. The van der Waals surface area contributed by atoms with Crippen molar-refractivity contribution in [3.63, 3.8) is 0 Å². The van der Waals surface area contributed by atoms with E-state index in [2.05, 4.69) is 0 Å². The van der Waals surface area contributed by atoms with Crippen molar-refractivity contribution < 1.29 is 4.79 Å². The van der Waals surface area contributed by atoms with Gasteiger partial charge in [0.2, 0.25) is 0 Å². The highest BCUT2D eigenvalue weighted by atomic mass is 35.5. The van der Waals surface area contributed by atoms with Crippen molar-refractivity contribution >= 4 is 40.5 Å². The number of benzene rings is 2. The summed E-state index contributed by atoms with van der Waals surface area (Å²) in [5.41, 5.74) is 5.90. The van der Waals surface area contributed by atoms with Crippen LogP contribution in [-0.4, -0.2) is 10.5 Å². The molecule has 3 aromatic rings. The van der Waals surface area contributed by atoms with E-state index in [0.717, 1.165) is 11.3 Å². The average Bonchev–Trinajstić information content (AvgIpc) is 2.94. The number of halogens is 1. The van der Waals surface area contributed by atoms with Crippen LogP contribution in [0.25, 0.3) is 17.3 Å². The van der Waals surface area contributed by atoms with Gasteiger partial charge in [-0.2, -0.15) is 5.26 Å². The Bertz CT molecular complexity index is 1200. The van der Waals surface area contributed by atoms with Crippen LogP contribution in [0.3, 0.4) is 0 Å². The molecule has 0 unspecified atom stereocenters. The van der Waals surface area contributed by atoms with Crippen LogP contribution in [0, 0.1) is 11.3 Å². The zero-order valence-corrected chi connectivity index (χ0v) is 14.9. The first-order chi connectivity index (χ1) is 12.5. The van der Waals surface area contributed by atoms with Gasteiger partial charge in [-0.25, -0.2) is 0 Å². The van der Waals surface area contributed by atoms with E-state index >= 15 is 0 Å². The number of aromatic nitrogens is 1. The highest BCUT2D eigenvalue weighted by Crippen LogP contribution is 2.15. The minimum atomic E-state index is -0.886. The molecule has 0 aliphatic rings. The maximum atomic E-state index is 13.0. The molecule has 0 aliphatic carbocycles. The fourth-order valence-corrected chi connectivity index (χ4v) is 3.69. The van der Waals surface area contributed by atoms with Crippen molar-refractivity contribution in [3.8, 4) is 11.8 Å². The van der Waals surface area contributed by atoms with Crippen LogP contribution < -0.4 is 20.5 Å². The molecule has 7 heteroatoms. The van der Waals surface area contributed by atoms with E-state index in [-0.39, 0.29) is 15.8 Å². The minimum Gasteiger partial charge on any atom is -0.365 e. The number of carbonyl (C=O) groups excluding carboxylic acids is 1. The maximum absolute atomic E-state index is 13.0. The summed E-state index contributed by atoms with van der Waals surface area (Å²) in [6, 6.07) is 17.6. The zero-order chi connectivity index (χ0) is 18.7. The Hall–Kier alpha value is -3.14. The number of rotatable bonds is 3. The molecule has 26 heavy (non-hydrogen) atoms. The highest BCUT2D eigenvalue weighted by molar-refractivity contribution is 7.07. The summed E-state index contributed by atoms with van der Waals surface area (Å²) < 4.78 is 1.84. The summed E-state index contributed by atoms with van der Waals surface area (Å²) in [5.74, 6) is -0.886. The van der Waals surface area contributed by atoms with Crippen LogP contribution >= 0.6 is 22.9 Å². The van der Waals surface area contributed by atoms with Gasteiger partial charge in [0.15, 0.2) is 5.57 Å². The molecule has 2 aromatic carbocycles. The number of carbonyl (C=O) groups is 1. The second kappa shape index (κ2) is 7.40. The third-order valence-electron chi connectivity index (χ3n) is 3.60. The van der Waals surface area contributed by atoms with Gasteiger partial charge in [0.1, 0.15) is 10.7 Å². The quantitative estimate of drug-likeness (QED) is 0.746. The number of amides is 1. The van der Waals surface area contributed by atoms with E-state index < -0.39 is 5.91 Å². The summed E-state index contributed by atoms with van der Waals surface area (Å²) in [5, 5.41) is 9.82. The lowest BCUT2D eigenvalue weighted by molar-refractivity contribution is -0.112. The second-order valence-corrected chi connectivity index (χ2v) is 6.70. The summed E-state index contributed by atoms with van der Waals surface area (Å²) in [4.78, 5) is 24.6. The van der Waals surface area contributed by atoms with Crippen LogP contribution in [0.2, 0.25) is 5.02 Å². The van der Waals surface area contributed by atoms with Crippen molar-refractivity contribution in [2.45, 2.75) is 0 Å². The molecule has 5 nitrogen and oxygen atoms in total. The molecule has 3 rings (SSSR count). The van der Waals surface area contributed by atoms with Gasteiger partial charge in [-0.15, -0.1) is 11.3 Å². The van der Waals surface area contributed by atoms with Crippen LogP contribution in [0.5, 0.6) is 0 Å². The van der Waals surface area contributed by atoms with E-state index in [4.69, 9.17) is 17.3 Å². The third-order valence-corrected chi connectivity index (χ3v) is 5.04. The van der Waals surface area contributed by atoms with Crippen molar-refractivity contribution in [1.29, 1.82) is 5.26 Å². The second-order valence-electron chi connectivity index (χ2n) is 5.26. The summed E-state index contributed by atoms with van der Waals surface area (Å²) >= 11 is 7.18. The standard InChI is InChI=1S/C19H12ClN3O2S/c20-15-9-5-4-6-12(15)10-16-18(25)23(13-7-2-1-3-8-13)19(26-16)14(11-21)17(22)24/h1-10H,(H2,22,24). The third kappa shape index (κ3) is 3.31. The Morgan fingerprint density at radius 1 is 1.15 bits per heavy atom. The molecular formula is C19H12ClN3O2S. The molecule has 0 saturated heterocycles. The monoisotopic (exact) mass is 381 g/mol. The Kier molecular flexibility index (Phi) is 5.03. The van der Waals surface area contributed by atoms with Crippen LogP contribution in [0.15, 0.2) is 59.4 Å². The number of nitrogens with zero attached hydrogens (tertiary/aromatic N) is 2. The molecule has 0 fully saturated rings. The normalized spacial score (nSPS) is 12.5. The lowest BCUT2D eigenvalue weighted by atomic mass is 10.2. The molecule has 0 atom stereocenters. The molecule has 1 aromatic heterocycles. The van der Waals surface area contributed by atoms with Crippen molar-refractivity contribution in [3.05, 3.63) is 84.7 Å². The maximum Gasteiger partial charge on any atom is 0.273 e. The van der Waals surface area contributed by atoms with Gasteiger partial charge in [-0.3, -0.25) is 14.2 Å². The molecule has 0 saturated carbocycles. The topological polar surface area (TPSA) is 88.9 Å². The summed E-state index contributed by atoms with van der Waals surface area (Å²) in [6.07, 6.45) is 1.63. The molecule has 0 spiro atoms. The molecule has 0 bridgehead atoms. The van der Waals surface area contributed by atoms with Gasteiger partial charge >= 0.3 is 0 Å². The minimum absolute atomic E-state index is 0.189. The largest absolute Gasteiger partial charge is 0.365 e. The Morgan fingerprint density at radius 2 is 1.81 bits per heavy atom. The van der Waals surface area contributed by atoms with Crippen molar-refractivity contribution in [1.82, 2.24) is 4.57 Å². The van der Waals surface area contributed by atoms with Gasteiger partial charge in [0.25, 0.3) is 11.5 Å². The zero-order valence-electron chi connectivity index (χ0n) is 13.3. The van der Waals surface area contributed by atoms with Gasteiger partial charge in [0, 0.05) is 5.02 Å². The molecule has 2 N–H and O–H groups in total. The highest BCUT2D eigenvalue weighted by Gasteiger charge is 2.14. The van der Waals surface area contributed by atoms with Gasteiger partial charge in [0.05, 0.1) is 10.2 Å². The number of hydrogen-bond donors (Lipinski definition) is 1. The first-order valence-electron chi connectivity index (χ1n) is 7.50. The number of nitriles is 1. The van der Waals surface area contributed by atoms with E-state index in [1.807, 2.05) is 0 Å². The summed E-state index contributed by atoms with van der Waals surface area (Å²) in [7, 11) is 0. The number of hydrogen-bond acceptors (Lipinski definition) is 4. The van der Waals surface area contributed by atoms with Crippen LogP contribution in [0.1, 0.15) is 5.56 Å². The smallest absolute Gasteiger partial charge is 0.273 e. The molecule has 1 heterocycles.